The summed E-state index contributed by atoms with van der Waals surface area (Å²) >= 11 is 1.30. The van der Waals surface area contributed by atoms with Gasteiger partial charge in [-0.2, -0.15) is 0 Å². The Labute approximate surface area is 74.6 Å². The fraction of sp³-hybridized carbons (Fsp3) is 0.286. The molecule has 0 aliphatic carbocycles. The molecule has 1 atom stereocenters. The van der Waals surface area contributed by atoms with Crippen LogP contribution in [0, 0.1) is 0 Å². The van der Waals surface area contributed by atoms with Gasteiger partial charge in [0.05, 0.1) is 11.4 Å². The van der Waals surface area contributed by atoms with Gasteiger partial charge in [-0.05, 0) is 6.92 Å². The van der Waals surface area contributed by atoms with Crippen LogP contribution in [-0.4, -0.2) is 21.1 Å². The zero-order chi connectivity index (χ0) is 8.97. The molecule has 1 unspecified atom stereocenters. The van der Waals surface area contributed by atoms with Gasteiger partial charge in [0.2, 0.25) is 5.91 Å². The molecule has 2 N–H and O–H groups in total. The van der Waals surface area contributed by atoms with Crippen molar-refractivity contribution in [3.8, 4) is 0 Å². The first kappa shape index (κ1) is 8.99. The molecule has 1 rings (SSSR count). The van der Waals surface area contributed by atoms with Crippen LogP contribution in [0.15, 0.2) is 23.6 Å². The third-order valence-corrected chi connectivity index (χ3v) is 2.28. The van der Waals surface area contributed by atoms with Gasteiger partial charge in [0.15, 0.2) is 0 Å². The summed E-state index contributed by atoms with van der Waals surface area (Å²) in [5, 5.41) is 0.450. The highest BCUT2D eigenvalue weighted by atomic mass is 32.2. The zero-order valence-electron chi connectivity index (χ0n) is 6.60. The van der Waals surface area contributed by atoms with Crippen molar-refractivity contribution in [2.45, 2.75) is 17.2 Å². The van der Waals surface area contributed by atoms with Crippen molar-refractivity contribution in [2.24, 2.45) is 5.73 Å². The van der Waals surface area contributed by atoms with Crippen molar-refractivity contribution < 1.29 is 4.79 Å². The summed E-state index contributed by atoms with van der Waals surface area (Å²) in [6.07, 6.45) is 4.76. The second-order valence-electron chi connectivity index (χ2n) is 2.21. The van der Waals surface area contributed by atoms with Crippen LogP contribution >= 0.6 is 11.8 Å². The van der Waals surface area contributed by atoms with Crippen molar-refractivity contribution in [3.63, 3.8) is 0 Å². The number of aromatic nitrogens is 2. The lowest BCUT2D eigenvalue weighted by Gasteiger charge is -2.03. The molecule has 0 saturated heterocycles. The highest BCUT2D eigenvalue weighted by Crippen LogP contribution is 2.18. The fourth-order valence-electron chi connectivity index (χ4n) is 0.585. The maximum Gasteiger partial charge on any atom is 0.230 e. The van der Waals surface area contributed by atoms with Crippen molar-refractivity contribution in [1.29, 1.82) is 0 Å². The predicted octanol–water partition coefficient (Wildman–Crippen LogP) is 0.443. The van der Waals surface area contributed by atoms with Crippen molar-refractivity contribution in [1.82, 2.24) is 9.97 Å². The molecule has 0 spiro atoms. The molecule has 0 fully saturated rings. The minimum absolute atomic E-state index is 0.262. The summed E-state index contributed by atoms with van der Waals surface area (Å²) in [5.41, 5.74) is 5.08. The smallest absolute Gasteiger partial charge is 0.230 e. The van der Waals surface area contributed by atoms with Gasteiger partial charge in [-0.25, -0.2) is 4.98 Å². The highest BCUT2D eigenvalue weighted by molar-refractivity contribution is 8.00. The Morgan fingerprint density at radius 1 is 1.67 bits per heavy atom. The van der Waals surface area contributed by atoms with Crippen LogP contribution in [0.25, 0.3) is 0 Å². The maximum atomic E-state index is 10.7. The number of hydrogen-bond donors (Lipinski definition) is 1. The van der Waals surface area contributed by atoms with E-state index in [0.717, 1.165) is 0 Å². The molecule has 4 nitrogen and oxygen atoms in total. The van der Waals surface area contributed by atoms with Gasteiger partial charge in [0.25, 0.3) is 0 Å². The Balaban J connectivity index is 2.58. The average molecular weight is 183 g/mol. The van der Waals surface area contributed by atoms with E-state index in [9.17, 15) is 4.79 Å². The van der Waals surface area contributed by atoms with Crippen molar-refractivity contribution in [3.05, 3.63) is 18.6 Å². The van der Waals surface area contributed by atoms with Gasteiger partial charge in [-0.3, -0.25) is 9.78 Å². The Hall–Kier alpha value is -1.10. The van der Waals surface area contributed by atoms with Gasteiger partial charge in [-0.1, -0.05) is 11.8 Å². The quantitative estimate of drug-likeness (QED) is 0.690. The maximum absolute atomic E-state index is 10.7. The number of primary amides is 1. The highest BCUT2D eigenvalue weighted by Gasteiger charge is 2.10. The molecule has 0 saturated carbocycles. The molecule has 1 amide bonds. The molecule has 0 radical (unpaired) electrons. The fourth-order valence-corrected chi connectivity index (χ4v) is 1.31. The molecule has 1 aromatic heterocycles. The molecule has 0 aliphatic heterocycles. The lowest BCUT2D eigenvalue weighted by molar-refractivity contribution is -0.117. The van der Waals surface area contributed by atoms with E-state index >= 15 is 0 Å². The summed E-state index contributed by atoms with van der Waals surface area (Å²) in [7, 11) is 0. The van der Waals surface area contributed by atoms with E-state index in [1.54, 1.807) is 25.5 Å². The van der Waals surface area contributed by atoms with E-state index in [1.807, 2.05) is 0 Å². The minimum atomic E-state index is -0.342. The first-order chi connectivity index (χ1) is 5.70. The van der Waals surface area contributed by atoms with Crippen molar-refractivity contribution in [2.75, 3.05) is 0 Å². The van der Waals surface area contributed by atoms with Gasteiger partial charge >= 0.3 is 0 Å². The number of nitrogens with two attached hydrogens (primary N) is 1. The van der Waals surface area contributed by atoms with Crippen molar-refractivity contribution >= 4 is 17.7 Å². The molecule has 0 bridgehead atoms. The van der Waals surface area contributed by atoms with E-state index in [4.69, 9.17) is 5.73 Å². The molecular formula is C7H9N3OS. The van der Waals surface area contributed by atoms with E-state index in [2.05, 4.69) is 9.97 Å². The minimum Gasteiger partial charge on any atom is -0.369 e. The topological polar surface area (TPSA) is 68.9 Å². The summed E-state index contributed by atoms with van der Waals surface area (Å²) in [6, 6.07) is 0. The first-order valence-corrected chi connectivity index (χ1v) is 4.30. The molecule has 0 aliphatic rings. The zero-order valence-corrected chi connectivity index (χ0v) is 7.41. The van der Waals surface area contributed by atoms with Crippen LogP contribution in [0.3, 0.4) is 0 Å². The number of hydrogen-bond acceptors (Lipinski definition) is 4. The summed E-state index contributed by atoms with van der Waals surface area (Å²) in [4.78, 5) is 18.5. The molecule has 1 heterocycles. The molecular weight excluding hydrogens is 174 g/mol. The molecule has 5 heteroatoms. The van der Waals surface area contributed by atoms with E-state index in [0.29, 0.717) is 5.03 Å². The molecule has 12 heavy (non-hydrogen) atoms. The second-order valence-corrected chi connectivity index (χ2v) is 3.57. The Morgan fingerprint density at radius 3 is 2.92 bits per heavy atom. The average Bonchev–Trinajstić information content (AvgIpc) is 2.06. The predicted molar refractivity (Wildman–Crippen MR) is 46.5 cm³/mol. The summed E-state index contributed by atoms with van der Waals surface area (Å²) < 4.78 is 0. The van der Waals surface area contributed by atoms with Gasteiger partial charge in [-0.15, -0.1) is 0 Å². The van der Waals surface area contributed by atoms with Crippen LogP contribution in [0.4, 0.5) is 0 Å². The lowest BCUT2D eigenvalue weighted by atomic mass is 10.5. The number of nitrogens with zero attached hydrogens (tertiary/aromatic N) is 2. The summed E-state index contributed by atoms with van der Waals surface area (Å²) in [5.74, 6) is -0.342. The SMILES string of the molecule is CC(Sc1cnccn1)C(N)=O. The van der Waals surface area contributed by atoms with E-state index in [1.165, 1.54) is 11.8 Å². The number of thioether (sulfide) groups is 1. The van der Waals surface area contributed by atoms with E-state index in [-0.39, 0.29) is 11.2 Å². The Kier molecular flexibility index (Phi) is 3.04. The molecule has 0 aromatic carbocycles. The molecule has 64 valence electrons. The van der Waals surface area contributed by atoms with Crippen LogP contribution < -0.4 is 5.73 Å². The Bertz CT molecular complexity index is 265. The standard InChI is InChI=1S/C7H9N3OS/c1-5(7(8)11)12-6-4-9-2-3-10-6/h2-5H,1H3,(H2,8,11). The van der Waals surface area contributed by atoms with Crippen LogP contribution in [0.1, 0.15) is 6.92 Å². The monoisotopic (exact) mass is 183 g/mol. The number of carbonyl (C=O) groups is 1. The van der Waals surface area contributed by atoms with Crippen LogP contribution in [0.5, 0.6) is 0 Å². The van der Waals surface area contributed by atoms with Gasteiger partial charge < -0.3 is 5.73 Å². The van der Waals surface area contributed by atoms with Gasteiger partial charge in [0.1, 0.15) is 5.03 Å². The lowest BCUT2D eigenvalue weighted by Crippen LogP contribution is -2.22. The third-order valence-electron chi connectivity index (χ3n) is 1.24. The third kappa shape index (κ3) is 2.50. The Morgan fingerprint density at radius 2 is 2.42 bits per heavy atom. The largest absolute Gasteiger partial charge is 0.369 e. The number of rotatable bonds is 3. The summed E-state index contributed by atoms with van der Waals surface area (Å²) in [6.45, 7) is 1.74. The second kappa shape index (κ2) is 4.06. The van der Waals surface area contributed by atoms with E-state index < -0.39 is 0 Å². The molecule has 1 aromatic rings. The van der Waals surface area contributed by atoms with Crippen LogP contribution in [0.2, 0.25) is 0 Å². The van der Waals surface area contributed by atoms with Gasteiger partial charge in [0, 0.05) is 12.4 Å². The normalized spacial score (nSPS) is 12.4. The number of amides is 1. The van der Waals surface area contributed by atoms with Crippen LogP contribution in [-0.2, 0) is 4.79 Å². The number of carbonyl (C=O) groups excluding carboxylic acids is 1. The first-order valence-electron chi connectivity index (χ1n) is 3.42.